The van der Waals surface area contributed by atoms with Crippen LogP contribution in [0.2, 0.25) is 0 Å². The highest BCUT2D eigenvalue weighted by atomic mass is 14.8. The van der Waals surface area contributed by atoms with E-state index in [1.54, 1.807) is 18.5 Å². The Labute approximate surface area is 49.6 Å². The van der Waals surface area contributed by atoms with Gasteiger partial charge in [0.05, 0.1) is 0 Å². The molecule has 0 aromatic carbocycles. The van der Waals surface area contributed by atoms with E-state index < -0.39 is 0 Å². The van der Waals surface area contributed by atoms with Crippen LogP contribution in [0.25, 0.3) is 0 Å². The fraction of sp³-hybridized carbons (Fsp3) is 0.333. The molecule has 0 bridgehead atoms. The molecule has 2 heteroatoms. The molecule has 8 heavy (non-hydrogen) atoms. The molecule has 1 heterocycles. The van der Waals surface area contributed by atoms with Crippen LogP contribution >= 0.6 is 0 Å². The maximum absolute atomic E-state index is 3.67. The molecule has 0 spiro atoms. The molecule has 0 fully saturated rings. The molecule has 0 radical (unpaired) electrons. The molecule has 0 amide bonds. The third-order valence-corrected chi connectivity index (χ3v) is 0.478. The van der Waals surface area contributed by atoms with Crippen molar-refractivity contribution in [1.29, 1.82) is 0 Å². The van der Waals surface area contributed by atoms with E-state index in [-0.39, 0.29) is 0 Å². The van der Waals surface area contributed by atoms with Gasteiger partial charge < -0.3 is 0 Å². The van der Waals surface area contributed by atoms with Crippen molar-refractivity contribution in [3.05, 3.63) is 24.8 Å². The monoisotopic (exact) mass is 110 g/mol. The Balaban J connectivity index is 0.000000222. The second kappa shape index (κ2) is 6.08. The number of nitrogens with zero attached hydrogens (tertiary/aromatic N) is 2. The van der Waals surface area contributed by atoms with E-state index in [4.69, 9.17) is 0 Å². The van der Waals surface area contributed by atoms with Crippen LogP contribution in [0, 0.1) is 0 Å². The van der Waals surface area contributed by atoms with Gasteiger partial charge in [-0.1, -0.05) is 13.8 Å². The number of rotatable bonds is 0. The summed E-state index contributed by atoms with van der Waals surface area (Å²) in [6.45, 7) is 4.00. The third-order valence-electron chi connectivity index (χ3n) is 0.478. The Morgan fingerprint density at radius 2 is 1.50 bits per heavy atom. The Kier molecular flexibility index (Phi) is 5.38. The van der Waals surface area contributed by atoms with Crippen molar-refractivity contribution < 1.29 is 0 Å². The largest absolute Gasteiger partial charge is 0.245 e. The lowest BCUT2D eigenvalue weighted by atomic mass is 10.7. The normalized spacial score (nSPS) is 6.75. The summed E-state index contributed by atoms with van der Waals surface area (Å²) in [6, 6.07) is 1.78. The van der Waals surface area contributed by atoms with Gasteiger partial charge in [-0.2, -0.15) is 0 Å². The Hall–Kier alpha value is -0.920. The van der Waals surface area contributed by atoms with Crippen LogP contribution in [0.1, 0.15) is 13.8 Å². The van der Waals surface area contributed by atoms with Crippen LogP contribution < -0.4 is 0 Å². The van der Waals surface area contributed by atoms with Gasteiger partial charge in [0.2, 0.25) is 0 Å². The lowest BCUT2D eigenvalue weighted by Gasteiger charge is -1.70. The highest BCUT2D eigenvalue weighted by Gasteiger charge is 1.59. The first-order chi connectivity index (χ1) is 4.00. The molecule has 1 aromatic heterocycles. The van der Waals surface area contributed by atoms with Crippen molar-refractivity contribution in [3.8, 4) is 0 Å². The van der Waals surface area contributed by atoms with Gasteiger partial charge in [-0.05, 0) is 6.07 Å². The van der Waals surface area contributed by atoms with Crippen molar-refractivity contribution in [1.82, 2.24) is 9.97 Å². The van der Waals surface area contributed by atoms with Crippen LogP contribution in [0.5, 0.6) is 0 Å². The number of aromatic nitrogens is 2. The van der Waals surface area contributed by atoms with Gasteiger partial charge in [0.15, 0.2) is 0 Å². The average Bonchev–Trinajstić information content (AvgIpc) is 1.96. The van der Waals surface area contributed by atoms with E-state index in [1.807, 2.05) is 13.8 Å². The van der Waals surface area contributed by atoms with E-state index in [2.05, 4.69) is 9.97 Å². The molecular weight excluding hydrogens is 100 g/mol. The van der Waals surface area contributed by atoms with Crippen molar-refractivity contribution in [2.75, 3.05) is 0 Å². The van der Waals surface area contributed by atoms with Gasteiger partial charge in [-0.15, -0.1) is 0 Å². The predicted molar refractivity (Wildman–Crippen MR) is 33.4 cm³/mol. The van der Waals surface area contributed by atoms with Crippen molar-refractivity contribution in [3.63, 3.8) is 0 Å². The first-order valence-corrected chi connectivity index (χ1v) is 2.70. The molecule has 0 saturated carbocycles. The minimum atomic E-state index is 1.50. The Morgan fingerprint density at radius 3 is 1.62 bits per heavy atom. The summed E-state index contributed by atoms with van der Waals surface area (Å²) < 4.78 is 0. The highest BCUT2D eigenvalue weighted by Crippen LogP contribution is 1.66. The van der Waals surface area contributed by atoms with Gasteiger partial charge in [0, 0.05) is 12.4 Å². The molecule has 44 valence electrons. The van der Waals surface area contributed by atoms with Gasteiger partial charge in [-0.3, -0.25) is 0 Å². The quantitative estimate of drug-likeness (QED) is 0.505. The molecule has 0 aliphatic rings. The minimum absolute atomic E-state index is 1.50. The fourth-order valence-corrected chi connectivity index (χ4v) is 0.253. The van der Waals surface area contributed by atoms with Crippen molar-refractivity contribution >= 4 is 0 Å². The molecule has 2 nitrogen and oxygen atoms in total. The SMILES string of the molecule is CC.c1cncnc1. The molecule has 0 aliphatic carbocycles. The minimum Gasteiger partial charge on any atom is -0.245 e. The second-order valence-electron chi connectivity index (χ2n) is 0.904. The number of hydrogen-bond acceptors (Lipinski definition) is 2. The van der Waals surface area contributed by atoms with Crippen LogP contribution in [0.15, 0.2) is 24.8 Å². The second-order valence-corrected chi connectivity index (χ2v) is 0.904. The molecule has 0 N–H and O–H groups in total. The predicted octanol–water partition coefficient (Wildman–Crippen LogP) is 1.50. The van der Waals surface area contributed by atoms with Crippen LogP contribution in [-0.4, -0.2) is 9.97 Å². The maximum atomic E-state index is 3.67. The first-order valence-electron chi connectivity index (χ1n) is 2.70. The Morgan fingerprint density at radius 1 is 1.00 bits per heavy atom. The summed E-state index contributed by atoms with van der Waals surface area (Å²) in [7, 11) is 0. The molecular formula is C6H10N2. The standard InChI is InChI=1S/C4H4N2.C2H6/c1-2-5-4-6-3-1;1-2/h1-4H;1-2H3. The van der Waals surface area contributed by atoms with Gasteiger partial charge in [0.25, 0.3) is 0 Å². The first kappa shape index (κ1) is 7.08. The Bertz CT molecular complexity index is 78.5. The zero-order chi connectivity index (χ0) is 6.24. The van der Waals surface area contributed by atoms with Crippen molar-refractivity contribution in [2.45, 2.75) is 13.8 Å². The lowest BCUT2D eigenvalue weighted by Crippen LogP contribution is -1.66. The number of hydrogen-bond donors (Lipinski definition) is 0. The molecule has 0 saturated heterocycles. The van der Waals surface area contributed by atoms with E-state index in [0.29, 0.717) is 0 Å². The maximum Gasteiger partial charge on any atom is 0.115 e. The van der Waals surface area contributed by atoms with Crippen molar-refractivity contribution in [2.24, 2.45) is 0 Å². The molecule has 0 aliphatic heterocycles. The van der Waals surface area contributed by atoms with Gasteiger partial charge in [0.1, 0.15) is 6.33 Å². The summed E-state index contributed by atoms with van der Waals surface area (Å²) in [5.74, 6) is 0. The molecule has 1 rings (SSSR count). The average molecular weight is 110 g/mol. The van der Waals surface area contributed by atoms with E-state index >= 15 is 0 Å². The highest BCUT2D eigenvalue weighted by molar-refractivity contribution is 4.74. The summed E-state index contributed by atoms with van der Waals surface area (Å²) in [4.78, 5) is 7.35. The summed E-state index contributed by atoms with van der Waals surface area (Å²) in [5, 5.41) is 0. The van der Waals surface area contributed by atoms with Gasteiger partial charge in [-0.25, -0.2) is 9.97 Å². The van der Waals surface area contributed by atoms with Crippen LogP contribution in [0.4, 0.5) is 0 Å². The third kappa shape index (κ3) is 3.28. The summed E-state index contributed by atoms with van der Waals surface area (Å²) >= 11 is 0. The zero-order valence-corrected chi connectivity index (χ0v) is 5.20. The van der Waals surface area contributed by atoms with Gasteiger partial charge >= 0.3 is 0 Å². The fourth-order valence-electron chi connectivity index (χ4n) is 0.253. The molecule has 0 atom stereocenters. The van der Waals surface area contributed by atoms with E-state index in [9.17, 15) is 0 Å². The zero-order valence-electron chi connectivity index (χ0n) is 5.20. The topological polar surface area (TPSA) is 25.8 Å². The lowest BCUT2D eigenvalue weighted by molar-refractivity contribution is 1.17. The van der Waals surface area contributed by atoms with E-state index in [1.165, 1.54) is 6.33 Å². The molecule has 1 aromatic rings. The summed E-state index contributed by atoms with van der Waals surface area (Å²) in [5.41, 5.74) is 0. The van der Waals surface area contributed by atoms with Crippen LogP contribution in [-0.2, 0) is 0 Å². The van der Waals surface area contributed by atoms with Crippen LogP contribution in [0.3, 0.4) is 0 Å². The summed E-state index contributed by atoms with van der Waals surface area (Å²) in [6.07, 6.45) is 4.88. The molecule has 0 unspecified atom stereocenters. The van der Waals surface area contributed by atoms with E-state index in [0.717, 1.165) is 0 Å². The smallest absolute Gasteiger partial charge is 0.115 e.